The number of aromatic nitrogens is 1. The SMILES string of the molecule is COc1cccc(NC(=O)N2CCN(c3ccc(-c4cnc(C)o4)c(OC)c3)CC2)c1. The number of anilines is 2. The zero-order valence-corrected chi connectivity index (χ0v) is 17.9. The minimum atomic E-state index is -0.110. The lowest BCUT2D eigenvalue weighted by Crippen LogP contribution is -2.50. The van der Waals surface area contributed by atoms with Crippen LogP contribution in [-0.2, 0) is 0 Å². The van der Waals surface area contributed by atoms with Crippen LogP contribution in [0.25, 0.3) is 11.3 Å². The molecule has 3 aromatic rings. The maximum atomic E-state index is 12.6. The van der Waals surface area contributed by atoms with Gasteiger partial charge in [0.05, 0.1) is 26.0 Å². The molecule has 2 amide bonds. The highest BCUT2D eigenvalue weighted by Crippen LogP contribution is 2.34. The summed E-state index contributed by atoms with van der Waals surface area (Å²) in [6, 6.07) is 13.3. The Hall–Kier alpha value is -3.68. The van der Waals surface area contributed by atoms with Crippen LogP contribution in [0.2, 0.25) is 0 Å². The molecule has 2 aromatic carbocycles. The highest BCUT2D eigenvalue weighted by atomic mass is 16.5. The summed E-state index contributed by atoms with van der Waals surface area (Å²) in [4.78, 5) is 20.9. The van der Waals surface area contributed by atoms with Crippen LogP contribution in [0.4, 0.5) is 16.2 Å². The van der Waals surface area contributed by atoms with Gasteiger partial charge in [-0.1, -0.05) is 6.07 Å². The number of carbonyl (C=O) groups excluding carboxylic acids is 1. The zero-order chi connectivity index (χ0) is 21.8. The number of hydrogen-bond donors (Lipinski definition) is 1. The van der Waals surface area contributed by atoms with Crippen LogP contribution in [-0.4, -0.2) is 56.3 Å². The fourth-order valence-corrected chi connectivity index (χ4v) is 3.64. The number of nitrogens with zero attached hydrogens (tertiary/aromatic N) is 3. The van der Waals surface area contributed by atoms with E-state index in [-0.39, 0.29) is 6.03 Å². The molecule has 0 unspecified atom stereocenters. The molecular weight excluding hydrogens is 396 g/mol. The number of ether oxygens (including phenoxy) is 2. The highest BCUT2D eigenvalue weighted by molar-refractivity contribution is 5.89. The highest BCUT2D eigenvalue weighted by Gasteiger charge is 2.22. The molecule has 162 valence electrons. The van der Waals surface area contributed by atoms with Gasteiger partial charge in [-0.25, -0.2) is 9.78 Å². The molecule has 1 aliphatic rings. The van der Waals surface area contributed by atoms with Crippen molar-refractivity contribution in [3.05, 3.63) is 54.6 Å². The predicted molar refractivity (Wildman–Crippen MR) is 119 cm³/mol. The monoisotopic (exact) mass is 422 g/mol. The molecule has 1 N–H and O–H groups in total. The third-order valence-electron chi connectivity index (χ3n) is 5.32. The molecule has 8 heteroatoms. The Kier molecular flexibility index (Phi) is 5.97. The molecule has 0 bridgehead atoms. The van der Waals surface area contributed by atoms with E-state index < -0.39 is 0 Å². The van der Waals surface area contributed by atoms with Crippen molar-refractivity contribution in [2.75, 3.05) is 50.6 Å². The molecule has 0 spiro atoms. The van der Waals surface area contributed by atoms with Crippen molar-refractivity contribution >= 4 is 17.4 Å². The molecule has 8 nitrogen and oxygen atoms in total. The van der Waals surface area contributed by atoms with E-state index in [0.29, 0.717) is 30.5 Å². The summed E-state index contributed by atoms with van der Waals surface area (Å²) >= 11 is 0. The Labute approximate surface area is 181 Å². The normalized spacial score (nSPS) is 13.8. The molecule has 1 fully saturated rings. The molecule has 0 aliphatic carbocycles. The first-order chi connectivity index (χ1) is 15.1. The average molecular weight is 422 g/mol. The first-order valence-electron chi connectivity index (χ1n) is 10.1. The van der Waals surface area contributed by atoms with E-state index in [4.69, 9.17) is 13.9 Å². The van der Waals surface area contributed by atoms with E-state index in [2.05, 4.69) is 15.2 Å². The van der Waals surface area contributed by atoms with Crippen molar-refractivity contribution in [1.82, 2.24) is 9.88 Å². The molecule has 0 saturated carbocycles. The maximum absolute atomic E-state index is 12.6. The average Bonchev–Trinajstić information content (AvgIpc) is 3.24. The van der Waals surface area contributed by atoms with Gasteiger partial charge in [0.1, 0.15) is 11.5 Å². The Morgan fingerprint density at radius 3 is 2.55 bits per heavy atom. The van der Waals surface area contributed by atoms with Gasteiger partial charge >= 0.3 is 6.03 Å². The lowest BCUT2D eigenvalue weighted by Gasteiger charge is -2.36. The molecule has 4 rings (SSSR count). The molecule has 1 aliphatic heterocycles. The standard InChI is InChI=1S/C23H26N4O4/c1-16-24-15-22(31-16)20-8-7-18(14-21(20)30-3)26-9-11-27(12-10-26)23(28)25-17-5-4-6-19(13-17)29-2/h4-8,13-15H,9-12H2,1-3H3,(H,25,28). The van der Waals surface area contributed by atoms with Crippen molar-refractivity contribution < 1.29 is 18.7 Å². The second-order valence-electron chi connectivity index (χ2n) is 7.26. The minimum Gasteiger partial charge on any atom is -0.497 e. The summed E-state index contributed by atoms with van der Waals surface area (Å²) in [6.07, 6.45) is 1.70. The summed E-state index contributed by atoms with van der Waals surface area (Å²) in [5, 5.41) is 2.94. The second kappa shape index (κ2) is 8.99. The molecule has 1 saturated heterocycles. The Bertz CT molecular complexity index is 1060. The van der Waals surface area contributed by atoms with Crippen molar-refractivity contribution in [1.29, 1.82) is 0 Å². The Morgan fingerprint density at radius 1 is 1.06 bits per heavy atom. The number of rotatable bonds is 5. The van der Waals surface area contributed by atoms with Gasteiger partial charge in [-0.15, -0.1) is 0 Å². The molecule has 0 atom stereocenters. The van der Waals surface area contributed by atoms with Gasteiger partial charge in [-0.05, 0) is 24.3 Å². The second-order valence-corrected chi connectivity index (χ2v) is 7.26. The van der Waals surface area contributed by atoms with Gasteiger partial charge in [0.15, 0.2) is 11.7 Å². The zero-order valence-electron chi connectivity index (χ0n) is 17.9. The number of urea groups is 1. The van der Waals surface area contributed by atoms with Crippen molar-refractivity contribution in [3.8, 4) is 22.8 Å². The summed E-state index contributed by atoms with van der Waals surface area (Å²) in [6.45, 7) is 4.53. The van der Waals surface area contributed by atoms with Crippen LogP contribution in [0.3, 0.4) is 0 Å². The van der Waals surface area contributed by atoms with Crippen LogP contribution >= 0.6 is 0 Å². The molecule has 1 aromatic heterocycles. The number of benzene rings is 2. The largest absolute Gasteiger partial charge is 0.497 e. The van der Waals surface area contributed by atoms with Gasteiger partial charge in [-0.2, -0.15) is 0 Å². The topological polar surface area (TPSA) is 80.1 Å². The first-order valence-corrected chi connectivity index (χ1v) is 10.1. The smallest absolute Gasteiger partial charge is 0.321 e. The third kappa shape index (κ3) is 4.58. The number of piperazine rings is 1. The van der Waals surface area contributed by atoms with Crippen LogP contribution in [0, 0.1) is 6.92 Å². The van der Waals surface area contributed by atoms with E-state index in [1.807, 2.05) is 48.2 Å². The van der Waals surface area contributed by atoms with E-state index in [1.165, 1.54) is 0 Å². The summed E-state index contributed by atoms with van der Waals surface area (Å²) in [7, 11) is 3.25. The number of oxazole rings is 1. The number of carbonyl (C=O) groups is 1. The van der Waals surface area contributed by atoms with Crippen LogP contribution < -0.4 is 19.7 Å². The maximum Gasteiger partial charge on any atom is 0.321 e. The number of methoxy groups -OCH3 is 2. The van der Waals surface area contributed by atoms with Gasteiger partial charge in [0, 0.05) is 56.6 Å². The lowest BCUT2D eigenvalue weighted by atomic mass is 10.1. The van der Waals surface area contributed by atoms with E-state index in [0.717, 1.165) is 35.8 Å². The van der Waals surface area contributed by atoms with Gasteiger partial charge in [0.2, 0.25) is 0 Å². The minimum absolute atomic E-state index is 0.110. The van der Waals surface area contributed by atoms with Crippen LogP contribution in [0.1, 0.15) is 5.89 Å². The molecular formula is C23H26N4O4. The van der Waals surface area contributed by atoms with Gasteiger partial charge in [-0.3, -0.25) is 0 Å². The molecule has 31 heavy (non-hydrogen) atoms. The van der Waals surface area contributed by atoms with Crippen molar-refractivity contribution in [2.24, 2.45) is 0 Å². The molecule has 0 radical (unpaired) electrons. The van der Waals surface area contributed by atoms with Crippen LogP contribution in [0.5, 0.6) is 11.5 Å². The Morgan fingerprint density at radius 2 is 1.87 bits per heavy atom. The summed E-state index contributed by atoms with van der Waals surface area (Å²) in [5.41, 5.74) is 2.63. The van der Waals surface area contributed by atoms with Crippen molar-refractivity contribution in [3.63, 3.8) is 0 Å². The van der Waals surface area contributed by atoms with Crippen molar-refractivity contribution in [2.45, 2.75) is 6.92 Å². The quantitative estimate of drug-likeness (QED) is 0.669. The summed E-state index contributed by atoms with van der Waals surface area (Å²) in [5.74, 6) is 2.73. The first kappa shape index (κ1) is 20.6. The lowest BCUT2D eigenvalue weighted by molar-refractivity contribution is 0.208. The molecule has 2 heterocycles. The Balaban J connectivity index is 1.39. The van der Waals surface area contributed by atoms with Crippen LogP contribution in [0.15, 0.2) is 53.1 Å². The fourth-order valence-electron chi connectivity index (χ4n) is 3.64. The van der Waals surface area contributed by atoms with E-state index >= 15 is 0 Å². The number of nitrogens with one attached hydrogen (secondary N) is 1. The number of hydrogen-bond acceptors (Lipinski definition) is 6. The number of amides is 2. The van der Waals surface area contributed by atoms with E-state index in [1.54, 1.807) is 26.5 Å². The predicted octanol–water partition coefficient (Wildman–Crippen LogP) is 4.02. The third-order valence-corrected chi connectivity index (χ3v) is 5.32. The van der Waals surface area contributed by atoms with Gasteiger partial charge < -0.3 is 29.0 Å². The fraction of sp³-hybridized carbons (Fsp3) is 0.304. The number of aryl methyl sites for hydroxylation is 1. The summed E-state index contributed by atoms with van der Waals surface area (Å²) < 4.78 is 16.4. The van der Waals surface area contributed by atoms with E-state index in [9.17, 15) is 4.79 Å². The van der Waals surface area contributed by atoms with Gasteiger partial charge in [0.25, 0.3) is 0 Å².